The van der Waals surface area contributed by atoms with Crippen molar-refractivity contribution >= 4 is 11.9 Å². The zero-order chi connectivity index (χ0) is 11.7. The first-order valence-electron chi connectivity index (χ1n) is 4.79. The molecule has 0 aliphatic heterocycles. The number of aliphatic hydroxyl groups excluding tert-OH is 1. The average molecular weight is 216 g/mol. The summed E-state index contributed by atoms with van der Waals surface area (Å²) < 4.78 is 9.09. The first-order valence-corrected chi connectivity index (χ1v) is 4.79. The minimum Gasteiger partial charge on any atom is -0.463 e. The van der Waals surface area contributed by atoms with Crippen molar-refractivity contribution in [2.45, 2.75) is 33.0 Å². The molecule has 5 heteroatoms. The highest BCUT2D eigenvalue weighted by Gasteiger charge is 2.03. The Labute approximate surface area is 88.7 Å². The van der Waals surface area contributed by atoms with Crippen LogP contribution in [-0.4, -0.2) is 29.9 Å². The fraction of sp³-hybridized carbons (Fsp3) is 0.600. The van der Waals surface area contributed by atoms with Crippen molar-refractivity contribution in [2.24, 2.45) is 0 Å². The molecule has 1 N–H and O–H groups in total. The van der Waals surface area contributed by atoms with Gasteiger partial charge in [0.05, 0.1) is 6.61 Å². The molecule has 0 aromatic carbocycles. The van der Waals surface area contributed by atoms with E-state index in [9.17, 15) is 9.59 Å². The summed E-state index contributed by atoms with van der Waals surface area (Å²) in [7, 11) is 0. The topological polar surface area (TPSA) is 72.8 Å². The Morgan fingerprint density at radius 3 is 2.47 bits per heavy atom. The molecule has 0 spiro atoms. The Hall–Kier alpha value is -1.36. The Morgan fingerprint density at radius 1 is 1.33 bits per heavy atom. The SMILES string of the molecule is CCCCOC(=O)C=CC(=O)OC(C)O. The van der Waals surface area contributed by atoms with E-state index in [2.05, 4.69) is 4.74 Å². The molecule has 0 heterocycles. The van der Waals surface area contributed by atoms with Gasteiger partial charge in [0, 0.05) is 12.2 Å². The lowest BCUT2D eigenvalue weighted by molar-refractivity contribution is -0.158. The lowest BCUT2D eigenvalue weighted by atomic mass is 10.4. The Morgan fingerprint density at radius 2 is 1.93 bits per heavy atom. The second kappa shape index (κ2) is 7.99. The summed E-state index contributed by atoms with van der Waals surface area (Å²) in [6.45, 7) is 3.61. The van der Waals surface area contributed by atoms with Crippen molar-refractivity contribution in [1.29, 1.82) is 0 Å². The zero-order valence-electron chi connectivity index (χ0n) is 8.93. The highest BCUT2D eigenvalue weighted by Crippen LogP contribution is 1.91. The largest absolute Gasteiger partial charge is 0.463 e. The van der Waals surface area contributed by atoms with Crippen LogP contribution in [0.3, 0.4) is 0 Å². The molecule has 0 saturated heterocycles. The normalized spacial score (nSPS) is 12.5. The molecule has 0 fully saturated rings. The first-order chi connectivity index (χ1) is 7.06. The van der Waals surface area contributed by atoms with Gasteiger partial charge in [-0.05, 0) is 13.3 Å². The molecule has 0 aliphatic rings. The molecule has 5 nitrogen and oxygen atoms in total. The summed E-state index contributed by atoms with van der Waals surface area (Å²) >= 11 is 0. The summed E-state index contributed by atoms with van der Waals surface area (Å²) in [5, 5.41) is 8.67. The number of unbranched alkanes of at least 4 members (excludes halogenated alkanes) is 1. The highest BCUT2D eigenvalue weighted by atomic mass is 16.6. The van der Waals surface area contributed by atoms with Gasteiger partial charge in [0.25, 0.3) is 0 Å². The fourth-order valence-electron chi connectivity index (χ4n) is 0.709. The van der Waals surface area contributed by atoms with Gasteiger partial charge in [0.1, 0.15) is 0 Å². The molecule has 0 bridgehead atoms. The van der Waals surface area contributed by atoms with E-state index in [1.54, 1.807) is 0 Å². The molecule has 0 aromatic heterocycles. The predicted octanol–water partition coefficient (Wildman–Crippen LogP) is 0.767. The van der Waals surface area contributed by atoms with E-state index < -0.39 is 18.2 Å². The quantitative estimate of drug-likeness (QED) is 0.307. The van der Waals surface area contributed by atoms with Gasteiger partial charge < -0.3 is 14.6 Å². The van der Waals surface area contributed by atoms with Crippen LogP contribution >= 0.6 is 0 Å². The Balaban J connectivity index is 3.74. The van der Waals surface area contributed by atoms with Crippen LogP contribution in [0.1, 0.15) is 26.7 Å². The number of carbonyl (C=O) groups excluding carboxylic acids is 2. The van der Waals surface area contributed by atoms with Crippen molar-refractivity contribution < 1.29 is 24.2 Å². The molecule has 86 valence electrons. The molecule has 0 rings (SSSR count). The van der Waals surface area contributed by atoms with E-state index in [1.807, 2.05) is 6.92 Å². The molecular weight excluding hydrogens is 200 g/mol. The average Bonchev–Trinajstić information content (AvgIpc) is 2.14. The van der Waals surface area contributed by atoms with Gasteiger partial charge in [-0.15, -0.1) is 0 Å². The van der Waals surface area contributed by atoms with Crippen LogP contribution in [-0.2, 0) is 19.1 Å². The maximum Gasteiger partial charge on any atom is 0.333 e. The lowest BCUT2D eigenvalue weighted by Crippen LogP contribution is -2.12. The third-order valence-corrected chi connectivity index (χ3v) is 1.38. The van der Waals surface area contributed by atoms with Crippen molar-refractivity contribution in [3.8, 4) is 0 Å². The zero-order valence-corrected chi connectivity index (χ0v) is 8.93. The van der Waals surface area contributed by atoms with Gasteiger partial charge in [-0.25, -0.2) is 9.59 Å². The molecule has 0 aromatic rings. The first kappa shape index (κ1) is 13.6. The summed E-state index contributed by atoms with van der Waals surface area (Å²) in [5.74, 6) is -1.37. The van der Waals surface area contributed by atoms with Gasteiger partial charge in [-0.3, -0.25) is 0 Å². The molecule has 0 saturated carbocycles. The van der Waals surface area contributed by atoms with Crippen LogP contribution < -0.4 is 0 Å². The molecule has 1 unspecified atom stereocenters. The number of hydrogen-bond donors (Lipinski definition) is 1. The molecular formula is C10H16O5. The lowest BCUT2D eigenvalue weighted by Gasteiger charge is -2.02. The monoisotopic (exact) mass is 216 g/mol. The predicted molar refractivity (Wildman–Crippen MR) is 52.8 cm³/mol. The van der Waals surface area contributed by atoms with Crippen molar-refractivity contribution in [3.05, 3.63) is 12.2 Å². The third-order valence-electron chi connectivity index (χ3n) is 1.38. The van der Waals surface area contributed by atoms with Crippen molar-refractivity contribution in [1.82, 2.24) is 0 Å². The van der Waals surface area contributed by atoms with Gasteiger partial charge in [0.15, 0.2) is 6.29 Å². The fourth-order valence-corrected chi connectivity index (χ4v) is 0.709. The molecule has 0 aliphatic carbocycles. The van der Waals surface area contributed by atoms with Crippen LogP contribution in [0.25, 0.3) is 0 Å². The number of esters is 2. The molecule has 15 heavy (non-hydrogen) atoms. The minimum absolute atomic E-state index is 0.338. The number of hydrogen-bond acceptors (Lipinski definition) is 5. The van der Waals surface area contributed by atoms with Gasteiger partial charge in [0.2, 0.25) is 0 Å². The maximum atomic E-state index is 10.9. The minimum atomic E-state index is -1.18. The van der Waals surface area contributed by atoms with Crippen LogP contribution in [0.5, 0.6) is 0 Å². The number of ether oxygens (including phenoxy) is 2. The summed E-state index contributed by atoms with van der Waals surface area (Å²) in [6, 6.07) is 0. The van der Waals surface area contributed by atoms with Crippen LogP contribution in [0.15, 0.2) is 12.2 Å². The van der Waals surface area contributed by atoms with E-state index in [0.717, 1.165) is 25.0 Å². The highest BCUT2D eigenvalue weighted by molar-refractivity contribution is 5.91. The number of carbonyl (C=O) groups is 2. The van der Waals surface area contributed by atoms with E-state index in [-0.39, 0.29) is 0 Å². The standard InChI is InChI=1S/C10H16O5/c1-3-4-7-14-9(12)5-6-10(13)15-8(2)11/h5-6,8,11H,3-4,7H2,1-2H3. The third kappa shape index (κ3) is 8.96. The maximum absolute atomic E-state index is 10.9. The second-order valence-electron chi connectivity index (χ2n) is 2.89. The van der Waals surface area contributed by atoms with Gasteiger partial charge in [-0.1, -0.05) is 13.3 Å². The van der Waals surface area contributed by atoms with Gasteiger partial charge in [-0.2, -0.15) is 0 Å². The van der Waals surface area contributed by atoms with E-state index in [1.165, 1.54) is 6.92 Å². The molecule has 1 atom stereocenters. The van der Waals surface area contributed by atoms with E-state index in [4.69, 9.17) is 9.84 Å². The number of rotatable bonds is 6. The van der Waals surface area contributed by atoms with Crippen molar-refractivity contribution in [3.63, 3.8) is 0 Å². The number of aliphatic hydroxyl groups is 1. The summed E-state index contributed by atoms with van der Waals surface area (Å²) in [6.07, 6.45) is 2.43. The molecule has 0 radical (unpaired) electrons. The van der Waals surface area contributed by atoms with E-state index >= 15 is 0 Å². The second-order valence-corrected chi connectivity index (χ2v) is 2.89. The Bertz CT molecular complexity index is 232. The summed E-state index contributed by atoms with van der Waals surface area (Å²) in [4.78, 5) is 21.7. The van der Waals surface area contributed by atoms with Crippen LogP contribution in [0, 0.1) is 0 Å². The Kier molecular flexibility index (Phi) is 7.27. The van der Waals surface area contributed by atoms with Crippen molar-refractivity contribution in [2.75, 3.05) is 6.61 Å². The molecule has 0 amide bonds. The van der Waals surface area contributed by atoms with Crippen LogP contribution in [0.2, 0.25) is 0 Å². The van der Waals surface area contributed by atoms with Gasteiger partial charge >= 0.3 is 11.9 Å². The van der Waals surface area contributed by atoms with Crippen LogP contribution in [0.4, 0.5) is 0 Å². The van der Waals surface area contributed by atoms with E-state index in [0.29, 0.717) is 6.61 Å². The summed E-state index contributed by atoms with van der Waals surface area (Å²) in [5.41, 5.74) is 0. The smallest absolute Gasteiger partial charge is 0.333 e.